The minimum atomic E-state index is -0.167. The van der Waals surface area contributed by atoms with Crippen LogP contribution in [-0.4, -0.2) is 24.4 Å². The Morgan fingerprint density at radius 3 is 2.92 bits per heavy atom. The number of halogens is 1. The number of unbranched alkanes of at least 4 members (excludes halogenated alkanes) is 2. The highest BCUT2D eigenvalue weighted by atomic mass is 35.5. The lowest BCUT2D eigenvalue weighted by atomic mass is 10.3. The largest absolute Gasteiger partial charge is 0.310 e. The molecule has 0 aromatic carbocycles. The zero-order valence-electron chi connectivity index (χ0n) is 7.35. The third kappa shape index (κ3) is 7.54. The van der Waals surface area contributed by atoms with Crippen molar-refractivity contribution in [3.63, 3.8) is 0 Å². The fourth-order valence-corrected chi connectivity index (χ4v) is 0.740. The van der Waals surface area contributed by atoms with Crippen LogP contribution >= 0.6 is 11.6 Å². The van der Waals surface area contributed by atoms with Crippen molar-refractivity contribution in [1.29, 1.82) is 0 Å². The Kier molecular flexibility index (Phi) is 8.12. The van der Waals surface area contributed by atoms with Crippen molar-refractivity contribution >= 4 is 23.6 Å². The van der Waals surface area contributed by atoms with E-state index >= 15 is 0 Å². The van der Waals surface area contributed by atoms with Crippen molar-refractivity contribution in [2.75, 3.05) is 12.4 Å². The van der Waals surface area contributed by atoms with Crippen LogP contribution < -0.4 is 5.43 Å². The molecule has 0 fully saturated rings. The minimum Gasteiger partial charge on any atom is -0.310 e. The van der Waals surface area contributed by atoms with Gasteiger partial charge in [-0.2, -0.15) is 5.10 Å². The zero-order chi connectivity index (χ0) is 9.23. The molecule has 4 heteroatoms. The van der Waals surface area contributed by atoms with Gasteiger partial charge in [0.15, 0.2) is 5.78 Å². The van der Waals surface area contributed by atoms with E-state index in [1.807, 2.05) is 0 Å². The predicted molar refractivity (Wildman–Crippen MR) is 51.7 cm³/mol. The van der Waals surface area contributed by atoms with Gasteiger partial charge >= 0.3 is 0 Å². The molecule has 0 saturated heterocycles. The van der Waals surface area contributed by atoms with Crippen LogP contribution in [0.2, 0.25) is 0 Å². The normalized spacial score (nSPS) is 10.5. The first kappa shape index (κ1) is 11.4. The number of hydrogen-bond donors (Lipinski definition) is 1. The summed E-state index contributed by atoms with van der Waals surface area (Å²) in [6, 6.07) is 0. The number of carbonyl (C=O) groups is 1. The summed E-state index contributed by atoms with van der Waals surface area (Å²) in [7, 11) is 0. The first-order valence-electron chi connectivity index (χ1n) is 4.16. The highest BCUT2D eigenvalue weighted by Gasteiger charge is 1.90. The number of Topliss-reactive ketones (excluding diaryl/α,β-unsaturated/α-hetero) is 1. The Hall–Kier alpha value is -0.570. The Labute approximate surface area is 78.2 Å². The van der Waals surface area contributed by atoms with Crippen LogP contribution in [0.15, 0.2) is 5.10 Å². The lowest BCUT2D eigenvalue weighted by Crippen LogP contribution is -2.10. The second-order valence-electron chi connectivity index (χ2n) is 2.47. The molecule has 0 aliphatic carbocycles. The summed E-state index contributed by atoms with van der Waals surface area (Å²) in [6.45, 7) is 2.96. The van der Waals surface area contributed by atoms with E-state index < -0.39 is 0 Å². The lowest BCUT2D eigenvalue weighted by molar-refractivity contribution is -0.110. The van der Waals surface area contributed by atoms with E-state index in [9.17, 15) is 4.79 Å². The molecule has 3 nitrogen and oxygen atoms in total. The molecule has 1 N–H and O–H groups in total. The smallest absolute Gasteiger partial charge is 0.190 e. The van der Waals surface area contributed by atoms with Crippen LogP contribution in [0.25, 0.3) is 0 Å². The van der Waals surface area contributed by atoms with E-state index in [-0.39, 0.29) is 11.7 Å². The number of hydrogen-bond acceptors (Lipinski definition) is 3. The quantitative estimate of drug-likeness (QED) is 0.287. The maximum Gasteiger partial charge on any atom is 0.190 e. The molecule has 0 aliphatic heterocycles. The first-order valence-corrected chi connectivity index (χ1v) is 4.69. The number of rotatable bonds is 7. The topological polar surface area (TPSA) is 41.5 Å². The minimum absolute atomic E-state index is 0.000139. The summed E-state index contributed by atoms with van der Waals surface area (Å²) in [5, 5.41) is 3.70. The van der Waals surface area contributed by atoms with Gasteiger partial charge in [0.05, 0.1) is 12.1 Å². The zero-order valence-corrected chi connectivity index (χ0v) is 8.10. The van der Waals surface area contributed by atoms with E-state index in [1.165, 1.54) is 19.1 Å². The van der Waals surface area contributed by atoms with E-state index in [0.717, 1.165) is 13.0 Å². The molecule has 0 bridgehead atoms. The summed E-state index contributed by atoms with van der Waals surface area (Å²) < 4.78 is 0. The van der Waals surface area contributed by atoms with Crippen molar-refractivity contribution in [3.8, 4) is 0 Å². The van der Waals surface area contributed by atoms with Gasteiger partial charge in [0, 0.05) is 6.54 Å². The summed E-state index contributed by atoms with van der Waals surface area (Å²) in [5.74, 6) is -0.167. The fraction of sp³-hybridized carbons (Fsp3) is 0.750. The van der Waals surface area contributed by atoms with Gasteiger partial charge < -0.3 is 5.43 Å². The van der Waals surface area contributed by atoms with Crippen molar-refractivity contribution in [2.45, 2.75) is 26.2 Å². The van der Waals surface area contributed by atoms with Gasteiger partial charge in [-0.3, -0.25) is 4.79 Å². The third-order valence-electron chi connectivity index (χ3n) is 1.32. The molecule has 0 aliphatic rings. The summed E-state index contributed by atoms with van der Waals surface area (Å²) in [5.41, 5.74) is 2.78. The van der Waals surface area contributed by atoms with Crippen LogP contribution in [0.1, 0.15) is 26.2 Å². The average Bonchev–Trinajstić information content (AvgIpc) is 2.10. The standard InChI is InChI=1S/C8H15ClN2O/c1-2-3-4-5-10-11-7-8(12)6-9/h7,10H,2-6H2,1H3/b11-7+. The Morgan fingerprint density at radius 2 is 2.33 bits per heavy atom. The van der Waals surface area contributed by atoms with Crippen molar-refractivity contribution < 1.29 is 4.79 Å². The molecule has 0 aromatic heterocycles. The monoisotopic (exact) mass is 190 g/mol. The molecule has 0 rings (SSSR count). The Morgan fingerprint density at radius 1 is 1.58 bits per heavy atom. The van der Waals surface area contributed by atoms with Gasteiger partial charge in [-0.25, -0.2) is 0 Å². The molecule has 0 aromatic rings. The van der Waals surface area contributed by atoms with Crippen molar-refractivity contribution in [1.82, 2.24) is 5.43 Å². The summed E-state index contributed by atoms with van der Waals surface area (Å²) in [4.78, 5) is 10.6. The highest BCUT2D eigenvalue weighted by molar-refractivity contribution is 6.41. The van der Waals surface area contributed by atoms with Gasteiger partial charge in [-0.1, -0.05) is 19.8 Å². The second kappa shape index (κ2) is 8.53. The summed E-state index contributed by atoms with van der Waals surface area (Å²) in [6.07, 6.45) is 4.68. The molecule has 0 radical (unpaired) electrons. The molecular formula is C8H15ClN2O. The maximum absolute atomic E-state index is 10.6. The van der Waals surface area contributed by atoms with Crippen molar-refractivity contribution in [2.24, 2.45) is 5.10 Å². The fourth-order valence-electron chi connectivity index (χ4n) is 0.671. The maximum atomic E-state index is 10.6. The number of ketones is 1. The van der Waals surface area contributed by atoms with Gasteiger partial charge in [0.25, 0.3) is 0 Å². The number of alkyl halides is 1. The Balaban J connectivity index is 3.18. The number of hydrazone groups is 1. The van der Waals surface area contributed by atoms with Crippen LogP contribution in [0.3, 0.4) is 0 Å². The number of nitrogens with one attached hydrogen (secondary N) is 1. The number of carbonyl (C=O) groups excluding carboxylic acids is 1. The molecule has 0 saturated carbocycles. The molecule has 0 amide bonds. The summed E-state index contributed by atoms with van der Waals surface area (Å²) >= 11 is 5.25. The molecular weight excluding hydrogens is 176 g/mol. The molecule has 70 valence electrons. The van der Waals surface area contributed by atoms with Gasteiger partial charge in [0.2, 0.25) is 0 Å². The van der Waals surface area contributed by atoms with E-state index in [4.69, 9.17) is 11.6 Å². The predicted octanol–water partition coefficient (Wildman–Crippen LogP) is 1.56. The number of nitrogens with zero attached hydrogens (tertiary/aromatic N) is 1. The molecule has 0 spiro atoms. The third-order valence-corrected chi connectivity index (χ3v) is 1.59. The van der Waals surface area contributed by atoms with Crippen molar-refractivity contribution in [3.05, 3.63) is 0 Å². The van der Waals surface area contributed by atoms with Gasteiger partial charge in [0.1, 0.15) is 0 Å². The van der Waals surface area contributed by atoms with Crippen LogP contribution in [0.5, 0.6) is 0 Å². The van der Waals surface area contributed by atoms with E-state index in [1.54, 1.807) is 0 Å². The average molecular weight is 191 g/mol. The second-order valence-corrected chi connectivity index (χ2v) is 2.74. The van der Waals surface area contributed by atoms with E-state index in [2.05, 4.69) is 17.5 Å². The molecule has 0 heterocycles. The van der Waals surface area contributed by atoms with Gasteiger partial charge in [-0.05, 0) is 6.42 Å². The van der Waals surface area contributed by atoms with Crippen LogP contribution in [0, 0.1) is 0 Å². The lowest BCUT2D eigenvalue weighted by Gasteiger charge is -1.96. The Bertz CT molecular complexity index is 148. The molecule has 12 heavy (non-hydrogen) atoms. The van der Waals surface area contributed by atoms with E-state index in [0.29, 0.717) is 0 Å². The highest BCUT2D eigenvalue weighted by Crippen LogP contribution is 1.90. The SMILES string of the molecule is CCCCCN/N=C/C(=O)CCl. The molecule has 0 unspecified atom stereocenters. The van der Waals surface area contributed by atoms with Crippen LogP contribution in [-0.2, 0) is 4.79 Å². The first-order chi connectivity index (χ1) is 5.81. The van der Waals surface area contributed by atoms with Crippen LogP contribution in [0.4, 0.5) is 0 Å². The molecule has 0 atom stereocenters. The van der Waals surface area contributed by atoms with Gasteiger partial charge in [-0.15, -0.1) is 11.6 Å².